The molecule has 0 aromatic heterocycles. The van der Waals surface area contributed by atoms with E-state index < -0.39 is 16.0 Å². The van der Waals surface area contributed by atoms with Gasteiger partial charge in [0.2, 0.25) is 10.0 Å². The Balaban J connectivity index is 2.79. The van der Waals surface area contributed by atoms with Crippen molar-refractivity contribution in [3.05, 3.63) is 29.8 Å². The molecule has 0 fully saturated rings. The van der Waals surface area contributed by atoms with E-state index in [9.17, 15) is 18.0 Å². The molecule has 8 heteroatoms. The Kier molecular flexibility index (Phi) is 5.46. The number of hydrogen-bond donors (Lipinski definition) is 2. The van der Waals surface area contributed by atoms with Crippen LogP contribution in [0.2, 0.25) is 0 Å². The maximum atomic E-state index is 11.7. The van der Waals surface area contributed by atoms with Gasteiger partial charge in [-0.25, -0.2) is 13.1 Å². The lowest BCUT2D eigenvalue weighted by Gasteiger charge is -2.06. The van der Waals surface area contributed by atoms with E-state index in [4.69, 9.17) is 16.7 Å². The number of nitrogens with one attached hydrogen (secondary N) is 1. The Morgan fingerprint density at radius 3 is 2.26 bits per heavy atom. The summed E-state index contributed by atoms with van der Waals surface area (Å²) in [5.41, 5.74) is 0.319. The molecular formula is C11H12ClNO5S. The number of Topliss-reactive ketones (excluding diaryl/α,β-unsaturated/α-hetero) is 1. The second-order valence-corrected chi connectivity index (χ2v) is 5.66. The third kappa shape index (κ3) is 4.62. The molecule has 6 nitrogen and oxygen atoms in total. The molecule has 0 bridgehead atoms. The van der Waals surface area contributed by atoms with Crippen molar-refractivity contribution in [2.75, 3.05) is 12.4 Å². The predicted octanol–water partition coefficient (Wildman–Crippen LogP) is 0.861. The normalized spacial score (nSPS) is 11.2. The number of rotatable bonds is 7. The van der Waals surface area contributed by atoms with Crippen LogP contribution >= 0.6 is 11.6 Å². The van der Waals surface area contributed by atoms with E-state index in [0.29, 0.717) is 5.56 Å². The number of carbonyl (C=O) groups is 2. The van der Waals surface area contributed by atoms with Crippen LogP contribution in [-0.4, -0.2) is 37.7 Å². The van der Waals surface area contributed by atoms with Crippen LogP contribution < -0.4 is 4.72 Å². The van der Waals surface area contributed by atoms with Crippen LogP contribution in [0.15, 0.2) is 29.2 Å². The second-order valence-electron chi connectivity index (χ2n) is 3.62. The van der Waals surface area contributed by atoms with E-state index in [-0.39, 0.29) is 29.5 Å². The van der Waals surface area contributed by atoms with Crippen LogP contribution in [0.3, 0.4) is 0 Å². The van der Waals surface area contributed by atoms with Crippen LogP contribution in [0.25, 0.3) is 0 Å². The molecule has 0 unspecified atom stereocenters. The van der Waals surface area contributed by atoms with Crippen LogP contribution in [-0.2, 0) is 14.8 Å². The number of aliphatic carboxylic acids is 1. The fourth-order valence-electron chi connectivity index (χ4n) is 1.27. The van der Waals surface area contributed by atoms with Gasteiger partial charge >= 0.3 is 5.97 Å². The van der Waals surface area contributed by atoms with Gasteiger partial charge in [-0.05, 0) is 12.1 Å². The molecule has 1 aromatic carbocycles. The van der Waals surface area contributed by atoms with Gasteiger partial charge in [-0.2, -0.15) is 0 Å². The molecule has 0 heterocycles. The van der Waals surface area contributed by atoms with E-state index in [1.165, 1.54) is 24.3 Å². The monoisotopic (exact) mass is 305 g/mol. The minimum atomic E-state index is -3.76. The number of halogens is 1. The first-order valence-corrected chi connectivity index (χ1v) is 7.29. The molecule has 0 saturated heterocycles. The minimum Gasteiger partial charge on any atom is -0.481 e. The van der Waals surface area contributed by atoms with E-state index >= 15 is 0 Å². The zero-order valence-corrected chi connectivity index (χ0v) is 11.4. The van der Waals surface area contributed by atoms with Gasteiger partial charge in [-0.1, -0.05) is 12.1 Å². The Morgan fingerprint density at radius 2 is 1.79 bits per heavy atom. The van der Waals surface area contributed by atoms with E-state index in [0.717, 1.165) is 0 Å². The maximum Gasteiger partial charge on any atom is 0.304 e. The first-order valence-electron chi connectivity index (χ1n) is 5.27. The van der Waals surface area contributed by atoms with Gasteiger partial charge in [0, 0.05) is 12.1 Å². The molecule has 0 aliphatic heterocycles. The lowest BCUT2D eigenvalue weighted by atomic mass is 10.1. The van der Waals surface area contributed by atoms with Gasteiger partial charge in [0.25, 0.3) is 0 Å². The summed E-state index contributed by atoms with van der Waals surface area (Å²) in [6.45, 7) is -0.194. The molecule has 2 N–H and O–H groups in total. The summed E-state index contributed by atoms with van der Waals surface area (Å²) in [6, 6.07) is 5.25. The summed E-state index contributed by atoms with van der Waals surface area (Å²) in [5.74, 6) is -1.57. The van der Waals surface area contributed by atoms with Gasteiger partial charge in [0.15, 0.2) is 5.78 Å². The largest absolute Gasteiger partial charge is 0.481 e. The van der Waals surface area contributed by atoms with Crippen molar-refractivity contribution < 1.29 is 23.1 Å². The summed E-state index contributed by atoms with van der Waals surface area (Å²) in [7, 11) is -3.76. The van der Waals surface area contributed by atoms with Gasteiger partial charge < -0.3 is 5.11 Å². The number of benzene rings is 1. The Labute approximate surface area is 115 Å². The van der Waals surface area contributed by atoms with Crippen molar-refractivity contribution in [3.63, 3.8) is 0 Å². The Morgan fingerprint density at radius 1 is 1.21 bits per heavy atom. The van der Waals surface area contributed by atoms with E-state index in [1.807, 2.05) is 0 Å². The standard InChI is InChI=1S/C11H12ClNO5S/c12-7-10(14)8-1-3-9(4-2-8)19(17,18)13-6-5-11(15)16/h1-4,13H,5-7H2,(H,15,16). The molecule has 0 radical (unpaired) electrons. The Bertz CT molecular complexity index is 567. The van der Waals surface area contributed by atoms with Crippen LogP contribution in [0.5, 0.6) is 0 Å². The Hall–Kier alpha value is -1.44. The van der Waals surface area contributed by atoms with Gasteiger partial charge in [0.1, 0.15) is 0 Å². The number of ketones is 1. The van der Waals surface area contributed by atoms with Gasteiger partial charge in [-0.15, -0.1) is 11.6 Å². The lowest BCUT2D eigenvalue weighted by molar-refractivity contribution is -0.136. The smallest absolute Gasteiger partial charge is 0.304 e. The quantitative estimate of drug-likeness (QED) is 0.575. The highest BCUT2D eigenvalue weighted by molar-refractivity contribution is 7.89. The molecule has 0 aliphatic carbocycles. The molecule has 0 amide bonds. The van der Waals surface area contributed by atoms with Gasteiger partial charge in [-0.3, -0.25) is 9.59 Å². The van der Waals surface area contributed by atoms with Crippen LogP contribution in [0.1, 0.15) is 16.8 Å². The summed E-state index contributed by atoms with van der Waals surface area (Å²) in [6.07, 6.45) is -0.304. The number of carboxylic acids is 1. The average Bonchev–Trinajstić information content (AvgIpc) is 2.37. The molecule has 0 atom stereocenters. The second kappa shape index (κ2) is 6.65. The van der Waals surface area contributed by atoms with Crippen LogP contribution in [0, 0.1) is 0 Å². The molecule has 104 valence electrons. The van der Waals surface area contributed by atoms with Crippen molar-refractivity contribution in [1.82, 2.24) is 4.72 Å². The number of hydrogen-bond acceptors (Lipinski definition) is 4. The molecule has 19 heavy (non-hydrogen) atoms. The van der Waals surface area contributed by atoms with Crippen molar-refractivity contribution in [2.45, 2.75) is 11.3 Å². The fourth-order valence-corrected chi connectivity index (χ4v) is 2.46. The maximum absolute atomic E-state index is 11.7. The molecule has 1 rings (SSSR count). The van der Waals surface area contributed by atoms with Crippen molar-refractivity contribution in [1.29, 1.82) is 0 Å². The van der Waals surface area contributed by atoms with Crippen molar-refractivity contribution >= 4 is 33.4 Å². The number of alkyl halides is 1. The predicted molar refractivity (Wildman–Crippen MR) is 68.9 cm³/mol. The number of carbonyl (C=O) groups excluding carboxylic acids is 1. The average molecular weight is 306 g/mol. The summed E-state index contributed by atoms with van der Waals surface area (Å²) >= 11 is 5.38. The number of sulfonamides is 1. The molecule has 0 saturated carbocycles. The molecule has 1 aromatic rings. The van der Waals surface area contributed by atoms with E-state index in [1.54, 1.807) is 0 Å². The van der Waals surface area contributed by atoms with Crippen molar-refractivity contribution in [2.24, 2.45) is 0 Å². The minimum absolute atomic E-state index is 0.0380. The van der Waals surface area contributed by atoms with Gasteiger partial charge in [0.05, 0.1) is 17.2 Å². The summed E-state index contributed by atoms with van der Waals surface area (Å²) < 4.78 is 25.6. The summed E-state index contributed by atoms with van der Waals surface area (Å²) in [4.78, 5) is 21.5. The zero-order chi connectivity index (χ0) is 14.5. The SMILES string of the molecule is O=C(O)CCNS(=O)(=O)c1ccc(C(=O)CCl)cc1. The van der Waals surface area contributed by atoms with Crippen LogP contribution in [0.4, 0.5) is 0 Å². The highest BCUT2D eigenvalue weighted by atomic mass is 35.5. The third-order valence-corrected chi connectivity index (χ3v) is 3.96. The third-order valence-electron chi connectivity index (χ3n) is 2.24. The molecule has 0 spiro atoms. The topological polar surface area (TPSA) is 101 Å². The zero-order valence-electron chi connectivity index (χ0n) is 9.80. The summed E-state index contributed by atoms with van der Waals surface area (Å²) in [5, 5.41) is 8.42. The number of carboxylic acid groups (broad SMARTS) is 1. The highest BCUT2D eigenvalue weighted by Gasteiger charge is 2.14. The first kappa shape index (κ1) is 15.6. The molecular weight excluding hydrogens is 294 g/mol. The van der Waals surface area contributed by atoms with Crippen molar-refractivity contribution in [3.8, 4) is 0 Å². The molecule has 0 aliphatic rings. The lowest BCUT2D eigenvalue weighted by Crippen LogP contribution is -2.26. The van der Waals surface area contributed by atoms with E-state index in [2.05, 4.69) is 4.72 Å². The fraction of sp³-hybridized carbons (Fsp3) is 0.273. The highest BCUT2D eigenvalue weighted by Crippen LogP contribution is 2.11. The first-order chi connectivity index (χ1) is 8.86.